The summed E-state index contributed by atoms with van der Waals surface area (Å²) in [6, 6.07) is 17.1. The van der Waals surface area contributed by atoms with Gasteiger partial charge in [0.1, 0.15) is 5.82 Å². The zero-order valence-corrected chi connectivity index (χ0v) is 14.7. The van der Waals surface area contributed by atoms with Crippen LogP contribution in [-0.4, -0.2) is 30.9 Å². The predicted octanol–water partition coefficient (Wildman–Crippen LogP) is 3.50. The van der Waals surface area contributed by atoms with Crippen molar-refractivity contribution in [2.24, 2.45) is 0 Å². The van der Waals surface area contributed by atoms with Gasteiger partial charge in [0.2, 0.25) is 5.91 Å². The summed E-state index contributed by atoms with van der Waals surface area (Å²) in [6.45, 7) is 1.35. The molecule has 0 radical (unpaired) electrons. The second-order valence-corrected chi connectivity index (χ2v) is 7.04. The molecule has 0 heterocycles. The van der Waals surface area contributed by atoms with Crippen LogP contribution in [0, 0.1) is 5.82 Å². The summed E-state index contributed by atoms with van der Waals surface area (Å²) in [7, 11) is 1.84. The Balaban J connectivity index is 1.52. The van der Waals surface area contributed by atoms with Gasteiger partial charge >= 0.3 is 0 Å². The monoisotopic (exact) mass is 340 g/mol. The maximum absolute atomic E-state index is 13.7. The maximum atomic E-state index is 13.7. The van der Waals surface area contributed by atoms with Gasteiger partial charge in [-0.25, -0.2) is 4.39 Å². The summed E-state index contributed by atoms with van der Waals surface area (Å²) in [6.07, 6.45) is 3.43. The number of carbonyl (C=O) groups is 1. The Morgan fingerprint density at radius 2 is 1.80 bits per heavy atom. The summed E-state index contributed by atoms with van der Waals surface area (Å²) in [5, 5.41) is 3.08. The SMILES string of the molecule is CN(CC(=O)NCC1(c2ccccc2)CCC1)Cc1ccccc1F. The molecule has 2 aromatic rings. The van der Waals surface area contributed by atoms with Gasteiger partial charge in [0.15, 0.2) is 0 Å². The lowest BCUT2D eigenvalue weighted by Crippen LogP contribution is -2.47. The second kappa shape index (κ2) is 7.79. The van der Waals surface area contributed by atoms with Crippen LogP contribution < -0.4 is 5.32 Å². The number of benzene rings is 2. The van der Waals surface area contributed by atoms with Crippen LogP contribution >= 0.6 is 0 Å². The third-order valence-electron chi connectivity index (χ3n) is 5.13. The quantitative estimate of drug-likeness (QED) is 0.837. The molecule has 132 valence electrons. The molecule has 0 saturated heterocycles. The first-order chi connectivity index (χ1) is 12.1. The van der Waals surface area contributed by atoms with E-state index >= 15 is 0 Å². The zero-order valence-electron chi connectivity index (χ0n) is 14.7. The average Bonchev–Trinajstić information content (AvgIpc) is 2.57. The van der Waals surface area contributed by atoms with Crippen LogP contribution in [0.3, 0.4) is 0 Å². The number of rotatable bonds is 7. The Morgan fingerprint density at radius 1 is 1.12 bits per heavy atom. The Morgan fingerprint density at radius 3 is 2.44 bits per heavy atom. The van der Waals surface area contributed by atoms with Gasteiger partial charge in [-0.15, -0.1) is 0 Å². The molecule has 0 aromatic heterocycles. The molecule has 1 N–H and O–H groups in total. The number of hydrogen-bond acceptors (Lipinski definition) is 2. The molecule has 1 aliphatic carbocycles. The topological polar surface area (TPSA) is 32.3 Å². The van der Waals surface area contributed by atoms with E-state index in [1.807, 2.05) is 24.1 Å². The standard InChI is InChI=1S/C21H25FN2O/c1-24(14-17-8-5-6-11-19(17)22)15-20(25)23-16-21(12-7-13-21)18-9-3-2-4-10-18/h2-6,8-11H,7,12-16H2,1H3,(H,23,25). The molecule has 0 unspecified atom stereocenters. The first kappa shape index (κ1) is 17.6. The van der Waals surface area contributed by atoms with Crippen LogP contribution in [-0.2, 0) is 16.8 Å². The van der Waals surface area contributed by atoms with Gasteiger partial charge < -0.3 is 5.32 Å². The summed E-state index contributed by atoms with van der Waals surface area (Å²) in [4.78, 5) is 14.1. The number of halogens is 1. The Bertz CT molecular complexity index is 713. The zero-order chi connectivity index (χ0) is 17.7. The second-order valence-electron chi connectivity index (χ2n) is 7.04. The number of likely N-dealkylation sites (N-methyl/N-ethyl adjacent to an activating group) is 1. The van der Waals surface area contributed by atoms with E-state index in [1.54, 1.807) is 12.1 Å². The van der Waals surface area contributed by atoms with E-state index in [4.69, 9.17) is 0 Å². The number of nitrogens with zero attached hydrogens (tertiary/aromatic N) is 1. The van der Waals surface area contributed by atoms with Crippen molar-refractivity contribution >= 4 is 5.91 Å². The molecule has 3 rings (SSSR count). The average molecular weight is 340 g/mol. The van der Waals surface area contributed by atoms with Crippen molar-refractivity contribution < 1.29 is 9.18 Å². The predicted molar refractivity (Wildman–Crippen MR) is 97.7 cm³/mol. The maximum Gasteiger partial charge on any atom is 0.234 e. The molecular weight excluding hydrogens is 315 g/mol. The highest BCUT2D eigenvalue weighted by atomic mass is 19.1. The molecular formula is C21H25FN2O. The van der Waals surface area contributed by atoms with Gasteiger partial charge in [0.05, 0.1) is 6.54 Å². The van der Waals surface area contributed by atoms with E-state index < -0.39 is 0 Å². The van der Waals surface area contributed by atoms with Crippen molar-refractivity contribution in [1.29, 1.82) is 0 Å². The minimum atomic E-state index is -0.229. The smallest absolute Gasteiger partial charge is 0.234 e. The minimum Gasteiger partial charge on any atom is -0.354 e. The van der Waals surface area contributed by atoms with Crippen molar-refractivity contribution in [3.05, 3.63) is 71.5 Å². The van der Waals surface area contributed by atoms with Crippen LogP contribution in [0.2, 0.25) is 0 Å². The molecule has 1 aliphatic rings. The molecule has 0 aliphatic heterocycles. The van der Waals surface area contributed by atoms with Crippen LogP contribution in [0.15, 0.2) is 54.6 Å². The third kappa shape index (κ3) is 4.26. The van der Waals surface area contributed by atoms with Crippen molar-refractivity contribution in [3.8, 4) is 0 Å². The first-order valence-electron chi connectivity index (χ1n) is 8.83. The lowest BCUT2D eigenvalue weighted by Gasteiger charge is -2.42. The van der Waals surface area contributed by atoms with Crippen molar-refractivity contribution in [3.63, 3.8) is 0 Å². The number of carbonyl (C=O) groups excluding carboxylic acids is 1. The highest BCUT2D eigenvalue weighted by Gasteiger charge is 2.38. The van der Waals surface area contributed by atoms with Gasteiger partial charge in [0.25, 0.3) is 0 Å². The van der Waals surface area contributed by atoms with Crippen LogP contribution in [0.25, 0.3) is 0 Å². The third-order valence-corrected chi connectivity index (χ3v) is 5.13. The van der Waals surface area contributed by atoms with Crippen LogP contribution in [0.5, 0.6) is 0 Å². The molecule has 2 aromatic carbocycles. The molecule has 1 fully saturated rings. The Labute approximate surface area is 148 Å². The highest BCUT2D eigenvalue weighted by molar-refractivity contribution is 5.78. The number of hydrogen-bond donors (Lipinski definition) is 1. The van der Waals surface area contributed by atoms with Gasteiger partial charge in [-0.3, -0.25) is 9.69 Å². The molecule has 0 spiro atoms. The molecule has 25 heavy (non-hydrogen) atoms. The Hall–Kier alpha value is -2.20. The van der Waals surface area contributed by atoms with Crippen LogP contribution in [0.1, 0.15) is 30.4 Å². The largest absolute Gasteiger partial charge is 0.354 e. The lowest BCUT2D eigenvalue weighted by molar-refractivity contribution is -0.122. The van der Waals surface area contributed by atoms with Gasteiger partial charge in [-0.05, 0) is 31.5 Å². The van der Waals surface area contributed by atoms with Gasteiger partial charge in [-0.2, -0.15) is 0 Å². The first-order valence-corrected chi connectivity index (χ1v) is 8.83. The van der Waals surface area contributed by atoms with E-state index in [9.17, 15) is 9.18 Å². The fraction of sp³-hybridized carbons (Fsp3) is 0.381. The molecule has 0 bridgehead atoms. The number of nitrogens with one attached hydrogen (secondary N) is 1. The van der Waals surface area contributed by atoms with E-state index in [1.165, 1.54) is 18.1 Å². The fourth-order valence-corrected chi connectivity index (χ4v) is 3.50. The molecule has 4 heteroatoms. The molecule has 3 nitrogen and oxygen atoms in total. The summed E-state index contributed by atoms with van der Waals surface area (Å²) < 4.78 is 13.7. The summed E-state index contributed by atoms with van der Waals surface area (Å²) >= 11 is 0. The minimum absolute atomic E-state index is 0.0129. The normalized spacial score (nSPS) is 15.6. The lowest BCUT2D eigenvalue weighted by atomic mass is 9.64. The summed E-state index contributed by atoms with van der Waals surface area (Å²) in [5.74, 6) is -0.242. The number of amides is 1. The van der Waals surface area contributed by atoms with Crippen molar-refractivity contribution in [2.75, 3.05) is 20.1 Å². The fourth-order valence-electron chi connectivity index (χ4n) is 3.50. The van der Waals surface area contributed by atoms with Crippen molar-refractivity contribution in [2.45, 2.75) is 31.2 Å². The molecule has 1 amide bonds. The van der Waals surface area contributed by atoms with Crippen molar-refractivity contribution in [1.82, 2.24) is 10.2 Å². The molecule has 1 saturated carbocycles. The van der Waals surface area contributed by atoms with E-state index in [0.29, 0.717) is 18.7 Å². The van der Waals surface area contributed by atoms with Gasteiger partial charge in [-0.1, -0.05) is 55.0 Å². The van der Waals surface area contributed by atoms with E-state index in [-0.39, 0.29) is 23.7 Å². The van der Waals surface area contributed by atoms with Crippen LogP contribution in [0.4, 0.5) is 4.39 Å². The van der Waals surface area contributed by atoms with E-state index in [2.05, 4.69) is 29.6 Å². The summed E-state index contributed by atoms with van der Waals surface area (Å²) in [5.41, 5.74) is 2.00. The Kier molecular flexibility index (Phi) is 5.49. The molecule has 0 atom stereocenters. The highest BCUT2D eigenvalue weighted by Crippen LogP contribution is 2.43. The van der Waals surface area contributed by atoms with Gasteiger partial charge in [0, 0.05) is 24.1 Å². The van der Waals surface area contributed by atoms with E-state index in [0.717, 1.165) is 12.8 Å².